The lowest BCUT2D eigenvalue weighted by molar-refractivity contribution is 0.192. The maximum atomic E-state index is 9.59. The summed E-state index contributed by atoms with van der Waals surface area (Å²) in [5, 5.41) is 10.2. The lowest BCUT2D eigenvalue weighted by atomic mass is 10.1. The molecule has 1 rings (SSSR count). The second-order valence-electron chi connectivity index (χ2n) is 3.40. The van der Waals surface area contributed by atoms with Gasteiger partial charge in [-0.15, -0.1) is 0 Å². The highest BCUT2D eigenvalue weighted by Gasteiger charge is 2.09. The first kappa shape index (κ1) is 13.7. The summed E-state index contributed by atoms with van der Waals surface area (Å²) in [5.74, 6) is 2.77. The lowest BCUT2D eigenvalue weighted by Crippen LogP contribution is -2.04. The third-order valence-electron chi connectivity index (χ3n) is 2.11. The molecule has 0 saturated carbocycles. The molecule has 0 aromatic heterocycles. The summed E-state index contributed by atoms with van der Waals surface area (Å²) in [6, 6.07) is 5.32. The number of hydrogen-bond donors (Lipinski definition) is 1. The van der Waals surface area contributed by atoms with E-state index in [1.54, 1.807) is 25.1 Å². The Hall–Kier alpha value is -0.380. The molecule has 4 heteroatoms. The van der Waals surface area contributed by atoms with Crippen molar-refractivity contribution in [2.24, 2.45) is 0 Å². The van der Waals surface area contributed by atoms with Crippen molar-refractivity contribution in [2.75, 3.05) is 18.1 Å². The zero-order valence-electron chi connectivity index (χ0n) is 9.57. The van der Waals surface area contributed by atoms with Crippen LogP contribution in [0.1, 0.15) is 25.5 Å². The molecule has 1 N–H and O–H groups in total. The van der Waals surface area contributed by atoms with E-state index >= 15 is 0 Å². The van der Waals surface area contributed by atoms with Crippen molar-refractivity contribution in [3.63, 3.8) is 0 Å². The number of thioether (sulfide) groups is 1. The van der Waals surface area contributed by atoms with Gasteiger partial charge in [0.2, 0.25) is 0 Å². The fourth-order valence-corrected chi connectivity index (χ4v) is 2.00. The van der Waals surface area contributed by atoms with E-state index in [0.717, 1.165) is 22.8 Å². The largest absolute Gasteiger partial charge is 0.492 e. The summed E-state index contributed by atoms with van der Waals surface area (Å²) in [4.78, 5) is 0. The van der Waals surface area contributed by atoms with Crippen LogP contribution in [0, 0.1) is 0 Å². The van der Waals surface area contributed by atoms with Gasteiger partial charge in [-0.3, -0.25) is 0 Å². The average Bonchev–Trinajstić information content (AvgIpc) is 2.26. The number of hydrogen-bond acceptors (Lipinski definition) is 3. The summed E-state index contributed by atoms with van der Waals surface area (Å²) in [6.45, 7) is 4.48. The highest BCUT2D eigenvalue weighted by Crippen LogP contribution is 2.28. The van der Waals surface area contributed by atoms with Crippen LogP contribution in [0.5, 0.6) is 5.75 Å². The van der Waals surface area contributed by atoms with Gasteiger partial charge in [0.1, 0.15) is 5.75 Å². The van der Waals surface area contributed by atoms with E-state index in [1.807, 2.05) is 11.8 Å². The van der Waals surface area contributed by atoms with Crippen molar-refractivity contribution in [1.82, 2.24) is 0 Å². The van der Waals surface area contributed by atoms with Crippen LogP contribution >= 0.6 is 23.4 Å². The van der Waals surface area contributed by atoms with Gasteiger partial charge in [0.15, 0.2) is 0 Å². The van der Waals surface area contributed by atoms with E-state index in [9.17, 15) is 5.11 Å². The summed E-state index contributed by atoms with van der Waals surface area (Å²) < 4.78 is 5.62. The van der Waals surface area contributed by atoms with Crippen LogP contribution in [0.3, 0.4) is 0 Å². The zero-order chi connectivity index (χ0) is 12.0. The summed E-state index contributed by atoms with van der Waals surface area (Å²) in [7, 11) is 0. The van der Waals surface area contributed by atoms with Gasteiger partial charge >= 0.3 is 0 Å². The van der Waals surface area contributed by atoms with Gasteiger partial charge in [-0.25, -0.2) is 0 Å². The molecule has 1 aromatic rings. The fraction of sp³-hybridized carbons (Fsp3) is 0.500. The molecule has 0 spiro atoms. The Kier molecular flexibility index (Phi) is 6.03. The van der Waals surface area contributed by atoms with Gasteiger partial charge < -0.3 is 9.84 Å². The molecule has 0 aliphatic carbocycles. The molecular weight excluding hydrogens is 244 g/mol. The third kappa shape index (κ3) is 4.24. The maximum Gasteiger partial charge on any atom is 0.125 e. The molecule has 90 valence electrons. The first-order valence-corrected chi connectivity index (χ1v) is 6.86. The van der Waals surface area contributed by atoms with Crippen molar-refractivity contribution in [1.29, 1.82) is 0 Å². The van der Waals surface area contributed by atoms with Crippen LogP contribution in [0.4, 0.5) is 0 Å². The van der Waals surface area contributed by atoms with E-state index in [1.165, 1.54) is 0 Å². The predicted octanol–water partition coefficient (Wildman–Crippen LogP) is 3.53. The number of rotatable bonds is 6. The van der Waals surface area contributed by atoms with Crippen LogP contribution in [0.25, 0.3) is 0 Å². The Labute approximate surface area is 106 Å². The van der Waals surface area contributed by atoms with Gasteiger partial charge in [-0.05, 0) is 30.9 Å². The van der Waals surface area contributed by atoms with Crippen molar-refractivity contribution in [3.8, 4) is 5.75 Å². The minimum atomic E-state index is -0.562. The Bertz CT molecular complexity index is 329. The van der Waals surface area contributed by atoms with E-state index in [0.29, 0.717) is 11.6 Å². The maximum absolute atomic E-state index is 9.59. The third-order valence-corrected chi connectivity index (χ3v) is 3.21. The lowest BCUT2D eigenvalue weighted by Gasteiger charge is -2.13. The molecule has 16 heavy (non-hydrogen) atoms. The van der Waals surface area contributed by atoms with Gasteiger partial charge in [-0.2, -0.15) is 11.8 Å². The minimum absolute atomic E-state index is 0.562. The summed E-state index contributed by atoms with van der Waals surface area (Å²) >= 11 is 7.71. The van der Waals surface area contributed by atoms with Gasteiger partial charge in [-0.1, -0.05) is 18.5 Å². The molecule has 1 atom stereocenters. The Morgan fingerprint density at radius 2 is 2.25 bits per heavy atom. The molecule has 0 fully saturated rings. The normalized spacial score (nSPS) is 12.5. The van der Waals surface area contributed by atoms with Gasteiger partial charge in [0, 0.05) is 16.3 Å². The van der Waals surface area contributed by atoms with E-state index in [4.69, 9.17) is 16.3 Å². The second-order valence-corrected chi connectivity index (χ2v) is 5.23. The molecule has 0 unspecified atom stereocenters. The number of aliphatic hydroxyl groups excluding tert-OH is 1. The van der Waals surface area contributed by atoms with Gasteiger partial charge in [0.25, 0.3) is 0 Å². The van der Waals surface area contributed by atoms with E-state index < -0.39 is 6.10 Å². The SMILES string of the molecule is CCSCCOc1ccc(Cl)cc1[C@@H](C)O. The van der Waals surface area contributed by atoms with Gasteiger partial charge in [0.05, 0.1) is 12.7 Å². The van der Waals surface area contributed by atoms with Crippen molar-refractivity contribution >= 4 is 23.4 Å². The molecule has 0 saturated heterocycles. The predicted molar refractivity (Wildman–Crippen MR) is 70.6 cm³/mol. The van der Waals surface area contributed by atoms with E-state index in [-0.39, 0.29) is 0 Å². The minimum Gasteiger partial charge on any atom is -0.492 e. The quantitative estimate of drug-likeness (QED) is 0.794. The molecule has 0 bridgehead atoms. The van der Waals surface area contributed by atoms with Crippen molar-refractivity contribution in [3.05, 3.63) is 28.8 Å². The molecule has 0 heterocycles. The molecule has 0 amide bonds. The molecule has 0 radical (unpaired) electrons. The monoisotopic (exact) mass is 260 g/mol. The van der Waals surface area contributed by atoms with Crippen LogP contribution in [0.15, 0.2) is 18.2 Å². The topological polar surface area (TPSA) is 29.5 Å². The van der Waals surface area contributed by atoms with Crippen LogP contribution in [0.2, 0.25) is 5.02 Å². The molecule has 0 aliphatic rings. The van der Waals surface area contributed by atoms with Crippen molar-refractivity contribution in [2.45, 2.75) is 20.0 Å². The van der Waals surface area contributed by atoms with Crippen LogP contribution in [-0.2, 0) is 0 Å². The van der Waals surface area contributed by atoms with Crippen LogP contribution < -0.4 is 4.74 Å². The Balaban J connectivity index is 2.64. The van der Waals surface area contributed by atoms with Crippen molar-refractivity contribution < 1.29 is 9.84 Å². The highest BCUT2D eigenvalue weighted by atomic mass is 35.5. The second kappa shape index (κ2) is 7.05. The summed E-state index contributed by atoms with van der Waals surface area (Å²) in [6.07, 6.45) is -0.562. The fourth-order valence-electron chi connectivity index (χ4n) is 1.33. The summed E-state index contributed by atoms with van der Waals surface area (Å²) in [5.41, 5.74) is 0.744. The average molecular weight is 261 g/mol. The number of benzene rings is 1. The first-order valence-electron chi connectivity index (χ1n) is 5.33. The molecule has 2 nitrogen and oxygen atoms in total. The van der Waals surface area contributed by atoms with Crippen LogP contribution in [-0.4, -0.2) is 23.2 Å². The Morgan fingerprint density at radius 3 is 2.88 bits per heavy atom. The number of aliphatic hydroxyl groups is 1. The number of ether oxygens (including phenoxy) is 1. The highest BCUT2D eigenvalue weighted by molar-refractivity contribution is 7.99. The smallest absolute Gasteiger partial charge is 0.125 e. The Morgan fingerprint density at radius 1 is 1.50 bits per heavy atom. The van der Waals surface area contributed by atoms with E-state index in [2.05, 4.69) is 6.92 Å². The standard InChI is InChI=1S/C12H17ClO2S/c1-3-16-7-6-15-12-5-4-10(13)8-11(12)9(2)14/h4-5,8-9,14H,3,6-7H2,1-2H3/t9-/m1/s1. The number of halogens is 1. The zero-order valence-corrected chi connectivity index (χ0v) is 11.1. The molecular formula is C12H17ClO2S. The molecule has 0 aliphatic heterocycles. The molecule has 1 aromatic carbocycles. The first-order chi connectivity index (χ1) is 7.65.